The second kappa shape index (κ2) is 8.84. The Balaban J connectivity index is 3.75. The minimum absolute atomic E-state index is 0.0348. The Morgan fingerprint density at radius 1 is 1.18 bits per heavy atom. The lowest BCUT2D eigenvalue weighted by Gasteiger charge is -2.16. The van der Waals surface area contributed by atoms with E-state index >= 15 is 0 Å². The topological polar surface area (TPSA) is 65.5 Å². The van der Waals surface area contributed by atoms with Crippen molar-refractivity contribution in [2.75, 3.05) is 20.1 Å². The molecule has 1 amide bonds. The number of carbonyl (C=O) groups is 1. The van der Waals surface area contributed by atoms with Crippen molar-refractivity contribution < 1.29 is 4.79 Å². The van der Waals surface area contributed by atoms with E-state index < -0.39 is 0 Å². The van der Waals surface area contributed by atoms with Gasteiger partial charge in [-0.15, -0.1) is 0 Å². The Labute approximate surface area is 104 Å². The molecule has 100 valence electrons. The lowest BCUT2D eigenvalue weighted by Crippen LogP contribution is -2.45. The van der Waals surface area contributed by atoms with Crippen LogP contribution in [0.4, 0.5) is 0 Å². The molecule has 0 saturated carbocycles. The molecular weight excluding hydrogens is 216 g/mol. The molecule has 3 N–H and O–H groups in total. The summed E-state index contributed by atoms with van der Waals surface area (Å²) in [7, 11) is 1.74. The van der Waals surface area contributed by atoms with Crippen molar-refractivity contribution >= 4 is 11.9 Å². The van der Waals surface area contributed by atoms with Gasteiger partial charge in [0.2, 0.25) is 5.91 Å². The Morgan fingerprint density at radius 3 is 2.24 bits per heavy atom. The van der Waals surface area contributed by atoms with Crippen LogP contribution in [0.3, 0.4) is 0 Å². The number of aliphatic imine (C=N–C) groups is 1. The molecule has 0 heterocycles. The van der Waals surface area contributed by atoms with Gasteiger partial charge in [0.25, 0.3) is 0 Å². The highest BCUT2D eigenvalue weighted by atomic mass is 16.1. The number of guanidine groups is 1. The monoisotopic (exact) mass is 242 g/mol. The molecule has 0 fully saturated rings. The summed E-state index contributed by atoms with van der Waals surface area (Å²) in [5, 5.41) is 9.25. The van der Waals surface area contributed by atoms with Gasteiger partial charge in [-0.3, -0.25) is 9.79 Å². The van der Waals surface area contributed by atoms with Crippen LogP contribution in [-0.4, -0.2) is 38.0 Å². The van der Waals surface area contributed by atoms with Crippen LogP contribution < -0.4 is 16.0 Å². The van der Waals surface area contributed by atoms with Gasteiger partial charge in [-0.25, -0.2) is 0 Å². The highest BCUT2D eigenvalue weighted by Crippen LogP contribution is 1.89. The molecule has 5 nitrogen and oxygen atoms in total. The molecule has 0 aliphatic carbocycles. The first-order valence-corrected chi connectivity index (χ1v) is 6.26. The highest BCUT2D eigenvalue weighted by molar-refractivity contribution is 5.80. The van der Waals surface area contributed by atoms with E-state index in [0.29, 0.717) is 19.1 Å². The summed E-state index contributed by atoms with van der Waals surface area (Å²) in [6.07, 6.45) is 1.05. The van der Waals surface area contributed by atoms with E-state index in [2.05, 4.69) is 34.8 Å². The van der Waals surface area contributed by atoms with Gasteiger partial charge in [0, 0.05) is 32.1 Å². The van der Waals surface area contributed by atoms with Gasteiger partial charge < -0.3 is 16.0 Å². The van der Waals surface area contributed by atoms with E-state index in [1.165, 1.54) is 0 Å². The number of carbonyl (C=O) groups excluding carboxylic acids is 1. The Kier molecular flexibility index (Phi) is 8.19. The van der Waals surface area contributed by atoms with Gasteiger partial charge in [0.1, 0.15) is 0 Å². The number of nitrogens with one attached hydrogen (secondary N) is 3. The molecule has 17 heavy (non-hydrogen) atoms. The summed E-state index contributed by atoms with van der Waals surface area (Å²) >= 11 is 0. The molecule has 0 rings (SSSR count). The van der Waals surface area contributed by atoms with Crippen LogP contribution in [0.5, 0.6) is 0 Å². The van der Waals surface area contributed by atoms with Crippen LogP contribution in [0, 0.1) is 5.92 Å². The smallest absolute Gasteiger partial charge is 0.222 e. The predicted molar refractivity (Wildman–Crippen MR) is 72.1 cm³/mol. The molecule has 0 aromatic carbocycles. The zero-order chi connectivity index (χ0) is 13.3. The van der Waals surface area contributed by atoms with E-state index in [9.17, 15) is 4.79 Å². The largest absolute Gasteiger partial charge is 0.355 e. The fourth-order valence-electron chi connectivity index (χ4n) is 1.10. The Morgan fingerprint density at radius 2 is 1.76 bits per heavy atom. The third-order valence-corrected chi connectivity index (χ3v) is 2.46. The molecule has 1 atom stereocenters. The molecule has 0 aliphatic rings. The summed E-state index contributed by atoms with van der Waals surface area (Å²) < 4.78 is 0. The van der Waals surface area contributed by atoms with E-state index in [0.717, 1.165) is 12.4 Å². The number of amides is 1. The van der Waals surface area contributed by atoms with Crippen molar-refractivity contribution in [3.8, 4) is 0 Å². The van der Waals surface area contributed by atoms with Crippen molar-refractivity contribution in [3.63, 3.8) is 0 Å². The lowest BCUT2D eigenvalue weighted by atomic mass is 10.2. The summed E-state index contributed by atoms with van der Waals surface area (Å²) in [4.78, 5) is 15.4. The first-order chi connectivity index (χ1) is 8.01. The quantitative estimate of drug-likeness (QED) is 0.365. The lowest BCUT2D eigenvalue weighted by molar-refractivity contribution is -0.123. The average molecular weight is 242 g/mol. The molecule has 0 bridgehead atoms. The van der Waals surface area contributed by atoms with Crippen molar-refractivity contribution in [2.24, 2.45) is 10.9 Å². The zero-order valence-corrected chi connectivity index (χ0v) is 11.6. The molecule has 0 aromatic rings. The van der Waals surface area contributed by atoms with Crippen molar-refractivity contribution in [1.82, 2.24) is 16.0 Å². The van der Waals surface area contributed by atoms with Gasteiger partial charge in [-0.1, -0.05) is 20.8 Å². The maximum Gasteiger partial charge on any atom is 0.222 e. The third kappa shape index (κ3) is 7.60. The second-order valence-electron chi connectivity index (χ2n) is 4.40. The Hall–Kier alpha value is -1.26. The molecule has 0 saturated heterocycles. The molecule has 0 radical (unpaired) electrons. The molecule has 5 heteroatoms. The maximum absolute atomic E-state index is 11.3. The number of rotatable bonds is 6. The van der Waals surface area contributed by atoms with Crippen LogP contribution >= 0.6 is 0 Å². The predicted octanol–water partition coefficient (Wildman–Crippen LogP) is 0.722. The molecule has 1 unspecified atom stereocenters. The van der Waals surface area contributed by atoms with Gasteiger partial charge in [0.05, 0.1) is 0 Å². The van der Waals surface area contributed by atoms with E-state index in [1.807, 2.05) is 13.8 Å². The van der Waals surface area contributed by atoms with Gasteiger partial charge in [-0.05, 0) is 13.3 Å². The molecular formula is C12H26N4O. The van der Waals surface area contributed by atoms with Crippen LogP contribution in [0.1, 0.15) is 34.1 Å². The maximum atomic E-state index is 11.3. The number of hydrogen-bond donors (Lipinski definition) is 3. The van der Waals surface area contributed by atoms with Crippen LogP contribution in [0.25, 0.3) is 0 Å². The van der Waals surface area contributed by atoms with Crippen molar-refractivity contribution in [1.29, 1.82) is 0 Å². The van der Waals surface area contributed by atoms with Crippen LogP contribution in [0.2, 0.25) is 0 Å². The highest BCUT2D eigenvalue weighted by Gasteiger charge is 2.05. The SMILES string of the molecule is CCC(C)NC(=NC)NCCNC(=O)C(C)C. The molecule has 0 spiro atoms. The fourth-order valence-corrected chi connectivity index (χ4v) is 1.10. The first kappa shape index (κ1) is 15.7. The van der Waals surface area contributed by atoms with Crippen molar-refractivity contribution in [3.05, 3.63) is 0 Å². The number of nitrogens with zero attached hydrogens (tertiary/aromatic N) is 1. The summed E-state index contributed by atoms with van der Waals surface area (Å²) in [6, 6.07) is 0.395. The van der Waals surface area contributed by atoms with Crippen molar-refractivity contribution in [2.45, 2.75) is 40.2 Å². The Bertz CT molecular complexity index is 251. The normalized spacial score (nSPS) is 13.4. The van der Waals surface area contributed by atoms with Crippen LogP contribution in [-0.2, 0) is 4.79 Å². The van der Waals surface area contributed by atoms with Gasteiger partial charge in [0.15, 0.2) is 5.96 Å². The number of hydrogen-bond acceptors (Lipinski definition) is 2. The zero-order valence-electron chi connectivity index (χ0n) is 11.6. The summed E-state index contributed by atoms with van der Waals surface area (Å²) in [5.41, 5.74) is 0. The van der Waals surface area contributed by atoms with Gasteiger partial charge >= 0.3 is 0 Å². The minimum atomic E-state index is 0.0348. The third-order valence-electron chi connectivity index (χ3n) is 2.46. The molecule has 0 aromatic heterocycles. The van der Waals surface area contributed by atoms with E-state index in [1.54, 1.807) is 7.05 Å². The standard InChI is InChI=1S/C12H26N4O/c1-6-10(4)16-12(13-5)15-8-7-14-11(17)9(2)3/h9-10H,6-8H2,1-5H3,(H,14,17)(H2,13,15,16). The second-order valence-corrected chi connectivity index (χ2v) is 4.40. The first-order valence-electron chi connectivity index (χ1n) is 6.26. The fraction of sp³-hybridized carbons (Fsp3) is 0.833. The minimum Gasteiger partial charge on any atom is -0.355 e. The van der Waals surface area contributed by atoms with Gasteiger partial charge in [-0.2, -0.15) is 0 Å². The van der Waals surface area contributed by atoms with Crippen LogP contribution in [0.15, 0.2) is 4.99 Å². The average Bonchev–Trinajstić information content (AvgIpc) is 2.31. The van der Waals surface area contributed by atoms with E-state index in [-0.39, 0.29) is 11.8 Å². The van der Waals surface area contributed by atoms with E-state index in [4.69, 9.17) is 0 Å². The summed E-state index contributed by atoms with van der Waals surface area (Å²) in [5.74, 6) is 0.891. The summed E-state index contributed by atoms with van der Waals surface area (Å²) in [6.45, 7) is 9.27. The molecule has 0 aliphatic heterocycles.